The highest BCUT2D eigenvalue weighted by molar-refractivity contribution is 5.80. The van der Waals surface area contributed by atoms with Gasteiger partial charge in [-0.25, -0.2) is 0 Å². The molecule has 0 saturated carbocycles. The molecule has 0 aromatic heterocycles. The summed E-state index contributed by atoms with van der Waals surface area (Å²) >= 11 is 0. The highest BCUT2D eigenvalue weighted by Crippen LogP contribution is 2.14. The van der Waals surface area contributed by atoms with Crippen molar-refractivity contribution in [1.29, 1.82) is 0 Å². The molecule has 314 valence electrons. The second-order valence-electron chi connectivity index (χ2n) is 15.4. The van der Waals surface area contributed by atoms with Gasteiger partial charge in [-0.1, -0.05) is 171 Å². The van der Waals surface area contributed by atoms with Crippen molar-refractivity contribution in [3.05, 3.63) is 60.8 Å². The number of aliphatic hydroxyl groups excluding tert-OH is 4. The summed E-state index contributed by atoms with van der Waals surface area (Å²) in [5.74, 6) is -0.610. The van der Waals surface area contributed by atoms with Gasteiger partial charge < -0.3 is 25.7 Å². The number of carbonyl (C=O) groups excluding carboxylic acids is 1. The van der Waals surface area contributed by atoms with Crippen LogP contribution in [0.4, 0.5) is 0 Å². The molecule has 1 amide bonds. The topological polar surface area (TPSA) is 110 Å². The number of aliphatic hydroxyl groups is 4. The van der Waals surface area contributed by atoms with E-state index in [4.69, 9.17) is 0 Å². The average molecular weight is 758 g/mol. The largest absolute Gasteiger partial charge is 0.394 e. The molecule has 4 atom stereocenters. The van der Waals surface area contributed by atoms with Crippen LogP contribution >= 0.6 is 0 Å². The molecule has 0 fully saturated rings. The minimum Gasteiger partial charge on any atom is -0.394 e. The normalized spacial score (nSPS) is 14.7. The van der Waals surface area contributed by atoms with Crippen LogP contribution < -0.4 is 5.32 Å². The second-order valence-corrected chi connectivity index (χ2v) is 15.4. The predicted molar refractivity (Wildman–Crippen MR) is 233 cm³/mol. The monoisotopic (exact) mass is 758 g/mol. The first-order valence-electron chi connectivity index (χ1n) is 22.7. The maximum Gasteiger partial charge on any atom is 0.249 e. The maximum atomic E-state index is 12.5. The van der Waals surface area contributed by atoms with Crippen LogP contribution in [-0.4, -0.2) is 57.3 Å². The average Bonchev–Trinajstić information content (AvgIpc) is 3.18. The van der Waals surface area contributed by atoms with E-state index in [-0.39, 0.29) is 0 Å². The highest BCUT2D eigenvalue weighted by atomic mass is 16.3. The van der Waals surface area contributed by atoms with Gasteiger partial charge in [0.25, 0.3) is 0 Å². The molecule has 0 rings (SSSR count). The Bertz CT molecular complexity index is 941. The summed E-state index contributed by atoms with van der Waals surface area (Å²) in [7, 11) is 0. The number of nitrogens with one attached hydrogen (secondary N) is 1. The van der Waals surface area contributed by atoms with E-state index in [0.29, 0.717) is 19.3 Å². The lowest BCUT2D eigenvalue weighted by Gasteiger charge is -2.27. The minimum atomic E-state index is -1.30. The molecular formula is C48H87NO5. The van der Waals surface area contributed by atoms with Crippen LogP contribution in [0.3, 0.4) is 0 Å². The number of hydrogen-bond donors (Lipinski definition) is 5. The first-order valence-corrected chi connectivity index (χ1v) is 22.7. The highest BCUT2D eigenvalue weighted by Gasteiger charge is 2.28. The number of rotatable bonds is 40. The van der Waals surface area contributed by atoms with Crippen LogP contribution in [0.2, 0.25) is 0 Å². The minimum absolute atomic E-state index is 0.344. The molecule has 0 aliphatic heterocycles. The Balaban J connectivity index is 3.85. The van der Waals surface area contributed by atoms with E-state index in [2.05, 4.69) is 79.9 Å². The lowest BCUT2D eigenvalue weighted by Crippen LogP contribution is -2.53. The van der Waals surface area contributed by atoms with Crippen molar-refractivity contribution < 1.29 is 25.2 Å². The molecule has 0 aliphatic carbocycles. The van der Waals surface area contributed by atoms with Crippen LogP contribution in [0.25, 0.3) is 0 Å². The van der Waals surface area contributed by atoms with Crippen LogP contribution in [0.5, 0.6) is 0 Å². The van der Waals surface area contributed by atoms with Gasteiger partial charge in [-0.3, -0.25) is 4.79 Å². The summed E-state index contributed by atoms with van der Waals surface area (Å²) in [6.45, 7) is 4.00. The van der Waals surface area contributed by atoms with E-state index in [0.717, 1.165) is 70.6 Å². The van der Waals surface area contributed by atoms with Crippen molar-refractivity contribution in [2.45, 2.75) is 231 Å². The van der Waals surface area contributed by atoms with E-state index >= 15 is 0 Å². The predicted octanol–water partition coefficient (Wildman–Crippen LogP) is 12.1. The second kappa shape index (κ2) is 42.2. The molecule has 5 N–H and O–H groups in total. The van der Waals surface area contributed by atoms with Gasteiger partial charge >= 0.3 is 0 Å². The fourth-order valence-electron chi connectivity index (χ4n) is 6.52. The Hall–Kier alpha value is -1.99. The van der Waals surface area contributed by atoms with Gasteiger partial charge in [-0.15, -0.1) is 0 Å². The molecule has 0 heterocycles. The van der Waals surface area contributed by atoms with Gasteiger partial charge in [0.1, 0.15) is 12.2 Å². The summed E-state index contributed by atoms with van der Waals surface area (Å²) in [5, 5.41) is 43.7. The van der Waals surface area contributed by atoms with E-state index in [1.807, 2.05) is 0 Å². The molecule has 54 heavy (non-hydrogen) atoms. The van der Waals surface area contributed by atoms with Gasteiger partial charge in [0, 0.05) is 0 Å². The SMILES string of the molecule is CCCCC/C=C\C/C=C\CCCCCCCCC(O)C(=O)NC(CO)C(O)C(O)CCC/C=C/CC/C=C/CC/C=C/CCCCCCCCCCC. The number of amides is 1. The molecule has 0 bridgehead atoms. The van der Waals surface area contributed by atoms with Gasteiger partial charge in [-0.2, -0.15) is 0 Å². The maximum absolute atomic E-state index is 12.5. The number of hydrogen-bond acceptors (Lipinski definition) is 5. The zero-order chi connectivity index (χ0) is 39.6. The molecule has 4 unspecified atom stereocenters. The van der Waals surface area contributed by atoms with Crippen molar-refractivity contribution in [3.8, 4) is 0 Å². The zero-order valence-electron chi connectivity index (χ0n) is 35.2. The fourth-order valence-corrected chi connectivity index (χ4v) is 6.52. The van der Waals surface area contributed by atoms with Gasteiger partial charge in [0.15, 0.2) is 0 Å². The van der Waals surface area contributed by atoms with Crippen LogP contribution in [0.15, 0.2) is 60.8 Å². The molecule has 0 aromatic carbocycles. The summed E-state index contributed by atoms with van der Waals surface area (Å²) in [5.41, 5.74) is 0. The van der Waals surface area contributed by atoms with Crippen molar-refractivity contribution in [3.63, 3.8) is 0 Å². The fraction of sp³-hybridized carbons (Fsp3) is 0.771. The number of unbranched alkanes of at least 4 members (excludes halogenated alkanes) is 21. The smallest absolute Gasteiger partial charge is 0.249 e. The standard InChI is InChI=1S/C48H87NO5/c1-3-5-7-9-11-13-15-17-19-21-22-23-24-25-26-28-29-31-33-35-37-39-41-45(51)47(53)44(43-50)49-48(54)46(52)42-40-38-36-34-32-30-27-20-18-16-14-12-10-8-6-4-2/h12,14,18,20,22-23,26,28,33,35,44-47,50-53H,3-11,13,15-17,19,21,24-25,27,29-32,34,36-43H2,1-2H3,(H,49,54)/b14-12-,20-18-,23-22+,28-26+,35-33+. The van der Waals surface area contributed by atoms with Crippen molar-refractivity contribution in [2.24, 2.45) is 0 Å². The molecular weight excluding hydrogens is 671 g/mol. The van der Waals surface area contributed by atoms with Crippen LogP contribution in [0, 0.1) is 0 Å². The summed E-state index contributed by atoms with van der Waals surface area (Å²) in [4.78, 5) is 12.5. The van der Waals surface area contributed by atoms with Gasteiger partial charge in [0.2, 0.25) is 5.91 Å². The zero-order valence-corrected chi connectivity index (χ0v) is 35.2. The van der Waals surface area contributed by atoms with Crippen molar-refractivity contribution in [1.82, 2.24) is 5.32 Å². The Labute approximate surface area is 333 Å². The van der Waals surface area contributed by atoms with E-state index in [9.17, 15) is 25.2 Å². The summed E-state index contributed by atoms with van der Waals surface area (Å²) < 4.78 is 0. The molecule has 6 heteroatoms. The number of carbonyl (C=O) groups is 1. The Morgan fingerprint density at radius 3 is 1.31 bits per heavy atom. The molecule has 0 aromatic rings. The molecule has 0 aliphatic rings. The third-order valence-electron chi connectivity index (χ3n) is 10.2. The molecule has 0 radical (unpaired) electrons. The van der Waals surface area contributed by atoms with Crippen LogP contribution in [-0.2, 0) is 4.79 Å². The third-order valence-corrected chi connectivity index (χ3v) is 10.2. The lowest BCUT2D eigenvalue weighted by molar-refractivity contribution is -0.132. The molecule has 6 nitrogen and oxygen atoms in total. The Morgan fingerprint density at radius 2 is 0.833 bits per heavy atom. The molecule has 0 spiro atoms. The van der Waals surface area contributed by atoms with E-state index < -0.39 is 36.9 Å². The first kappa shape index (κ1) is 52.0. The summed E-state index contributed by atoms with van der Waals surface area (Å²) in [6.07, 6.45) is 52.5. The lowest BCUT2D eigenvalue weighted by atomic mass is 10.00. The van der Waals surface area contributed by atoms with Crippen molar-refractivity contribution >= 4 is 5.91 Å². The number of allylic oxidation sites excluding steroid dienone is 10. The first-order chi connectivity index (χ1) is 26.5. The third kappa shape index (κ3) is 35.7. The van der Waals surface area contributed by atoms with Gasteiger partial charge in [-0.05, 0) is 96.3 Å². The molecule has 0 saturated heterocycles. The van der Waals surface area contributed by atoms with Crippen molar-refractivity contribution in [2.75, 3.05) is 6.61 Å². The van der Waals surface area contributed by atoms with Crippen LogP contribution in [0.1, 0.15) is 206 Å². The summed E-state index contributed by atoms with van der Waals surface area (Å²) in [6, 6.07) is -1.02. The quantitative estimate of drug-likeness (QED) is 0.0316. The Kier molecular flexibility index (Phi) is 40.6. The van der Waals surface area contributed by atoms with Gasteiger partial charge in [0.05, 0.1) is 18.8 Å². The van der Waals surface area contributed by atoms with E-state index in [1.54, 1.807) is 0 Å². The Morgan fingerprint density at radius 1 is 0.463 bits per heavy atom. The van der Waals surface area contributed by atoms with E-state index in [1.165, 1.54) is 103 Å².